The van der Waals surface area contributed by atoms with Crippen molar-refractivity contribution in [2.75, 3.05) is 39.7 Å². The number of para-hydroxylation sites is 2. The third-order valence-electron chi connectivity index (χ3n) is 2.72. The summed E-state index contributed by atoms with van der Waals surface area (Å²) in [7, 11) is 3.17. The first kappa shape index (κ1) is 16.3. The van der Waals surface area contributed by atoms with E-state index in [9.17, 15) is 4.79 Å². The van der Waals surface area contributed by atoms with E-state index in [1.165, 1.54) is 0 Å². The van der Waals surface area contributed by atoms with Gasteiger partial charge in [0.15, 0.2) is 0 Å². The summed E-state index contributed by atoms with van der Waals surface area (Å²) < 4.78 is 15.6. The van der Waals surface area contributed by atoms with E-state index in [-0.39, 0.29) is 25.0 Å². The smallest absolute Gasteiger partial charge is 0.223 e. The number of nitrogens with two attached hydrogens (primary N) is 1. The Bertz CT molecular complexity index is 412. The van der Waals surface area contributed by atoms with Crippen LogP contribution in [-0.2, 0) is 14.3 Å². The van der Waals surface area contributed by atoms with Crippen molar-refractivity contribution >= 4 is 11.6 Å². The summed E-state index contributed by atoms with van der Waals surface area (Å²) in [5, 5.41) is 2.76. The Kier molecular flexibility index (Phi) is 7.46. The molecule has 0 radical (unpaired) electrons. The highest BCUT2D eigenvalue weighted by molar-refractivity contribution is 5.76. The SMILES string of the molecule is COCC(CNC(=O)CCOc1ccccc1N)OC. The molecule has 1 amide bonds. The number of nitrogen functional groups attached to an aromatic ring is 1. The second kappa shape index (κ2) is 9.17. The lowest BCUT2D eigenvalue weighted by molar-refractivity contribution is -0.122. The highest BCUT2D eigenvalue weighted by Gasteiger charge is 2.09. The van der Waals surface area contributed by atoms with Crippen LogP contribution in [0.1, 0.15) is 6.42 Å². The molecule has 0 saturated heterocycles. The molecule has 0 saturated carbocycles. The lowest BCUT2D eigenvalue weighted by Gasteiger charge is -2.15. The molecule has 1 rings (SSSR count). The van der Waals surface area contributed by atoms with Crippen molar-refractivity contribution in [1.29, 1.82) is 0 Å². The van der Waals surface area contributed by atoms with Crippen molar-refractivity contribution in [3.8, 4) is 5.75 Å². The van der Waals surface area contributed by atoms with E-state index in [1.807, 2.05) is 12.1 Å². The molecule has 1 aromatic rings. The Labute approximate surface area is 119 Å². The summed E-state index contributed by atoms with van der Waals surface area (Å²) in [6.07, 6.45) is 0.118. The Morgan fingerprint density at radius 1 is 1.35 bits per heavy atom. The van der Waals surface area contributed by atoms with Gasteiger partial charge >= 0.3 is 0 Å². The number of methoxy groups -OCH3 is 2. The molecule has 20 heavy (non-hydrogen) atoms. The molecule has 6 nitrogen and oxygen atoms in total. The molecule has 0 spiro atoms. The van der Waals surface area contributed by atoms with E-state index in [0.29, 0.717) is 24.6 Å². The molecular weight excluding hydrogens is 260 g/mol. The van der Waals surface area contributed by atoms with Gasteiger partial charge in [0.25, 0.3) is 0 Å². The Balaban J connectivity index is 2.22. The molecule has 0 aliphatic rings. The Hall–Kier alpha value is -1.79. The fraction of sp³-hybridized carbons (Fsp3) is 0.500. The van der Waals surface area contributed by atoms with Gasteiger partial charge in [-0.2, -0.15) is 0 Å². The predicted molar refractivity (Wildman–Crippen MR) is 76.6 cm³/mol. The fourth-order valence-electron chi connectivity index (χ4n) is 1.58. The normalized spacial score (nSPS) is 11.9. The largest absolute Gasteiger partial charge is 0.491 e. The van der Waals surface area contributed by atoms with Crippen LogP contribution in [0.3, 0.4) is 0 Å². The maximum atomic E-state index is 11.6. The van der Waals surface area contributed by atoms with Gasteiger partial charge in [-0.3, -0.25) is 4.79 Å². The first-order valence-electron chi connectivity index (χ1n) is 6.43. The number of hydrogen-bond donors (Lipinski definition) is 2. The number of benzene rings is 1. The van der Waals surface area contributed by atoms with E-state index < -0.39 is 0 Å². The molecule has 0 aromatic heterocycles. The Morgan fingerprint density at radius 3 is 2.75 bits per heavy atom. The van der Waals surface area contributed by atoms with E-state index in [4.69, 9.17) is 19.9 Å². The predicted octanol–water partition coefficient (Wildman–Crippen LogP) is 0.815. The monoisotopic (exact) mass is 282 g/mol. The number of carbonyl (C=O) groups excluding carboxylic acids is 1. The van der Waals surface area contributed by atoms with Crippen LogP contribution in [-0.4, -0.2) is 46.0 Å². The van der Waals surface area contributed by atoms with Crippen molar-refractivity contribution in [3.63, 3.8) is 0 Å². The van der Waals surface area contributed by atoms with Crippen LogP contribution in [0.4, 0.5) is 5.69 Å². The van der Waals surface area contributed by atoms with Crippen LogP contribution in [0, 0.1) is 0 Å². The minimum atomic E-state index is -0.144. The van der Waals surface area contributed by atoms with Crippen LogP contribution in [0.2, 0.25) is 0 Å². The van der Waals surface area contributed by atoms with E-state index in [2.05, 4.69) is 5.32 Å². The maximum absolute atomic E-state index is 11.6. The summed E-state index contributed by atoms with van der Waals surface area (Å²) in [6.45, 7) is 1.13. The molecule has 3 N–H and O–H groups in total. The van der Waals surface area contributed by atoms with Crippen molar-refractivity contribution < 1.29 is 19.0 Å². The molecular formula is C14H22N2O4. The number of hydrogen-bond acceptors (Lipinski definition) is 5. The molecule has 0 heterocycles. The van der Waals surface area contributed by atoms with Gasteiger partial charge in [-0.25, -0.2) is 0 Å². The summed E-state index contributed by atoms with van der Waals surface area (Å²) in [6, 6.07) is 7.19. The molecule has 1 unspecified atom stereocenters. The highest BCUT2D eigenvalue weighted by Crippen LogP contribution is 2.19. The molecule has 0 aliphatic heterocycles. The summed E-state index contributed by atoms with van der Waals surface area (Å²) >= 11 is 0. The number of rotatable bonds is 9. The van der Waals surface area contributed by atoms with E-state index in [1.54, 1.807) is 26.4 Å². The van der Waals surface area contributed by atoms with Crippen molar-refractivity contribution in [3.05, 3.63) is 24.3 Å². The molecule has 112 valence electrons. The van der Waals surface area contributed by atoms with Gasteiger partial charge in [-0.1, -0.05) is 12.1 Å². The van der Waals surface area contributed by atoms with Crippen molar-refractivity contribution in [1.82, 2.24) is 5.32 Å². The Morgan fingerprint density at radius 2 is 2.10 bits per heavy atom. The minimum absolute atomic E-state index is 0.0994. The summed E-state index contributed by atoms with van der Waals surface area (Å²) in [5.74, 6) is 0.493. The maximum Gasteiger partial charge on any atom is 0.223 e. The molecule has 0 bridgehead atoms. The van der Waals surface area contributed by atoms with E-state index >= 15 is 0 Å². The van der Waals surface area contributed by atoms with Crippen LogP contribution >= 0.6 is 0 Å². The highest BCUT2D eigenvalue weighted by atomic mass is 16.5. The molecule has 6 heteroatoms. The topological polar surface area (TPSA) is 82.8 Å². The lowest BCUT2D eigenvalue weighted by Crippen LogP contribution is -2.36. The van der Waals surface area contributed by atoms with Gasteiger partial charge in [0.05, 0.1) is 31.4 Å². The quantitative estimate of drug-likeness (QED) is 0.655. The first-order chi connectivity index (χ1) is 9.67. The van der Waals surface area contributed by atoms with Gasteiger partial charge < -0.3 is 25.3 Å². The van der Waals surface area contributed by atoms with Crippen molar-refractivity contribution in [2.24, 2.45) is 0 Å². The number of nitrogens with one attached hydrogen (secondary N) is 1. The molecule has 1 atom stereocenters. The zero-order valence-electron chi connectivity index (χ0n) is 11.9. The zero-order chi connectivity index (χ0) is 14.8. The average Bonchev–Trinajstić information content (AvgIpc) is 2.45. The van der Waals surface area contributed by atoms with Gasteiger partial charge in [0, 0.05) is 20.8 Å². The summed E-state index contributed by atoms with van der Waals surface area (Å²) in [4.78, 5) is 11.6. The zero-order valence-corrected chi connectivity index (χ0v) is 11.9. The van der Waals surface area contributed by atoms with Crippen molar-refractivity contribution in [2.45, 2.75) is 12.5 Å². The summed E-state index contributed by atoms with van der Waals surface area (Å²) in [5.41, 5.74) is 6.29. The third kappa shape index (κ3) is 5.90. The standard InChI is InChI=1S/C14H22N2O4/c1-18-10-11(19-2)9-16-14(17)7-8-20-13-6-4-3-5-12(13)15/h3-6,11H,7-10,15H2,1-2H3,(H,16,17). The van der Waals surface area contributed by atoms with Gasteiger partial charge in [0.1, 0.15) is 5.75 Å². The van der Waals surface area contributed by atoms with Crippen LogP contribution < -0.4 is 15.8 Å². The number of ether oxygens (including phenoxy) is 3. The van der Waals surface area contributed by atoms with E-state index in [0.717, 1.165) is 0 Å². The van der Waals surface area contributed by atoms with Crippen LogP contribution in [0.5, 0.6) is 5.75 Å². The minimum Gasteiger partial charge on any atom is -0.491 e. The second-order valence-corrected chi connectivity index (χ2v) is 4.25. The second-order valence-electron chi connectivity index (χ2n) is 4.25. The molecule has 1 aromatic carbocycles. The molecule has 0 fully saturated rings. The van der Waals surface area contributed by atoms with Gasteiger partial charge in [0.2, 0.25) is 5.91 Å². The first-order valence-corrected chi connectivity index (χ1v) is 6.43. The van der Waals surface area contributed by atoms with Gasteiger partial charge in [-0.15, -0.1) is 0 Å². The molecule has 0 aliphatic carbocycles. The van der Waals surface area contributed by atoms with Gasteiger partial charge in [-0.05, 0) is 12.1 Å². The van der Waals surface area contributed by atoms with Crippen LogP contribution in [0.25, 0.3) is 0 Å². The lowest BCUT2D eigenvalue weighted by atomic mass is 10.3. The number of anilines is 1. The average molecular weight is 282 g/mol. The third-order valence-corrected chi connectivity index (χ3v) is 2.72. The number of carbonyl (C=O) groups is 1. The fourth-order valence-corrected chi connectivity index (χ4v) is 1.58. The number of amides is 1. The van der Waals surface area contributed by atoms with Crippen LogP contribution in [0.15, 0.2) is 24.3 Å².